The number of hydrogen-bond donors (Lipinski definition) is 0. The van der Waals surface area contributed by atoms with Crippen LogP contribution in [0.25, 0.3) is 54.7 Å². The molecule has 0 fully saturated rings. The summed E-state index contributed by atoms with van der Waals surface area (Å²) in [6.45, 7) is 0.693. The third kappa shape index (κ3) is 6.86. The number of hydrogen-bond acceptors (Lipinski definition) is 6. The molecule has 0 N–H and O–H groups in total. The van der Waals surface area contributed by atoms with Crippen LogP contribution in [0.3, 0.4) is 0 Å². The minimum atomic E-state index is -3.79. The smallest absolute Gasteiger partial charge is 0.271 e. The first-order valence-corrected chi connectivity index (χ1v) is 20.3. The molecular weight excluding hydrogens is 693 g/mol. The van der Waals surface area contributed by atoms with E-state index in [1.54, 1.807) is 24.3 Å². The summed E-state index contributed by atoms with van der Waals surface area (Å²) in [7, 11) is -7.55. The number of para-hydroxylation sites is 3. The van der Waals surface area contributed by atoms with E-state index in [9.17, 15) is 16.8 Å². The molecule has 0 atom stereocenters. The van der Waals surface area contributed by atoms with Gasteiger partial charge >= 0.3 is 0 Å². The molecule has 52 heavy (non-hydrogen) atoms. The van der Waals surface area contributed by atoms with Gasteiger partial charge < -0.3 is 9.13 Å². The van der Waals surface area contributed by atoms with Gasteiger partial charge in [-0.25, -0.2) is 0 Å². The van der Waals surface area contributed by atoms with Gasteiger partial charge in [0, 0.05) is 56.7 Å². The highest BCUT2D eigenvalue weighted by atomic mass is 32.2. The summed E-state index contributed by atoms with van der Waals surface area (Å²) in [6.07, 6.45) is 0. The van der Waals surface area contributed by atoms with E-state index in [-0.39, 0.29) is 24.7 Å². The van der Waals surface area contributed by atoms with Crippen LogP contribution >= 0.6 is 0 Å². The van der Waals surface area contributed by atoms with Crippen molar-refractivity contribution in [1.82, 2.24) is 9.13 Å². The van der Waals surface area contributed by atoms with Gasteiger partial charge in [-0.2, -0.15) is 16.8 Å². The third-order valence-electron chi connectivity index (χ3n) is 9.40. The van der Waals surface area contributed by atoms with E-state index in [1.807, 2.05) is 66.7 Å². The molecule has 2 heterocycles. The number of fused-ring (bicyclic) bond motifs is 6. The fourth-order valence-corrected chi connectivity index (χ4v) is 9.21. The highest BCUT2D eigenvalue weighted by Crippen LogP contribution is 2.38. The largest absolute Gasteiger partial charge is 0.338 e. The predicted molar refractivity (Wildman–Crippen MR) is 208 cm³/mol. The van der Waals surface area contributed by atoms with Gasteiger partial charge in [-0.05, 0) is 41.0 Å². The van der Waals surface area contributed by atoms with Crippen molar-refractivity contribution in [3.63, 3.8) is 0 Å². The van der Waals surface area contributed by atoms with Crippen LogP contribution in [0.2, 0.25) is 0 Å². The van der Waals surface area contributed by atoms with Gasteiger partial charge in [-0.1, -0.05) is 121 Å². The van der Waals surface area contributed by atoms with Crippen molar-refractivity contribution >= 4 is 63.8 Å². The van der Waals surface area contributed by atoms with Crippen molar-refractivity contribution in [2.75, 3.05) is 13.2 Å². The Hall–Kier alpha value is -5.26. The van der Waals surface area contributed by atoms with Gasteiger partial charge in [0.15, 0.2) is 0 Å². The van der Waals surface area contributed by atoms with Crippen molar-refractivity contribution in [2.45, 2.75) is 24.6 Å². The Balaban J connectivity index is 1.12. The molecule has 8 nitrogen and oxygen atoms in total. The van der Waals surface area contributed by atoms with Gasteiger partial charge in [0.25, 0.3) is 20.2 Å². The van der Waals surface area contributed by atoms with Crippen molar-refractivity contribution in [1.29, 1.82) is 0 Å². The van der Waals surface area contributed by atoms with E-state index in [0.29, 0.717) is 24.2 Å². The predicted octanol–water partition coefficient (Wildman–Crippen LogP) is 8.66. The second kappa shape index (κ2) is 14.0. The van der Waals surface area contributed by atoms with Gasteiger partial charge in [0.2, 0.25) is 0 Å². The van der Waals surface area contributed by atoms with Crippen LogP contribution < -0.4 is 0 Å². The summed E-state index contributed by atoms with van der Waals surface area (Å²) >= 11 is 0. The highest BCUT2D eigenvalue weighted by Gasteiger charge is 2.19. The fraction of sp³-hybridized carbons (Fsp3) is 0.143. The zero-order chi connectivity index (χ0) is 35.7. The number of nitrogens with zero attached hydrogens (tertiary/aromatic N) is 2. The van der Waals surface area contributed by atoms with E-state index in [2.05, 4.69) is 63.7 Å². The Morgan fingerprint density at radius 1 is 0.442 bits per heavy atom. The first kappa shape index (κ1) is 33.9. The Kier molecular flexibility index (Phi) is 9.15. The fourth-order valence-electron chi connectivity index (χ4n) is 7.19. The minimum absolute atomic E-state index is 0.00701. The van der Waals surface area contributed by atoms with Crippen LogP contribution in [0.15, 0.2) is 146 Å². The van der Waals surface area contributed by atoms with E-state index < -0.39 is 20.2 Å². The zero-order valence-electron chi connectivity index (χ0n) is 28.3. The second-order valence-corrected chi connectivity index (χ2v) is 16.1. The number of benzene rings is 6. The summed E-state index contributed by atoms with van der Waals surface area (Å²) in [5.74, 6) is -0.363. The lowest BCUT2D eigenvalue weighted by Crippen LogP contribution is -2.14. The van der Waals surface area contributed by atoms with Crippen LogP contribution in [0.5, 0.6) is 0 Å². The van der Waals surface area contributed by atoms with Gasteiger partial charge in [-0.3, -0.25) is 8.37 Å². The molecule has 0 spiro atoms. The molecule has 2 aromatic heterocycles. The Bertz CT molecular complexity index is 2770. The van der Waals surface area contributed by atoms with Crippen molar-refractivity contribution in [2.24, 2.45) is 0 Å². The highest BCUT2D eigenvalue weighted by molar-refractivity contribution is 7.86. The van der Waals surface area contributed by atoms with Crippen LogP contribution in [0, 0.1) is 0 Å². The lowest BCUT2D eigenvalue weighted by atomic mass is 10.00. The molecule has 0 aliphatic carbocycles. The van der Waals surface area contributed by atoms with E-state index >= 15 is 0 Å². The molecule has 10 heteroatoms. The van der Waals surface area contributed by atoms with E-state index in [1.165, 1.54) is 0 Å². The molecule has 8 rings (SSSR count). The third-order valence-corrected chi connectivity index (χ3v) is 11.8. The maximum Gasteiger partial charge on any atom is 0.271 e. The molecule has 262 valence electrons. The van der Waals surface area contributed by atoms with Crippen LogP contribution in [0.4, 0.5) is 0 Å². The number of aromatic nitrogens is 2. The quantitative estimate of drug-likeness (QED) is 0.110. The molecule has 0 aliphatic heterocycles. The van der Waals surface area contributed by atoms with Crippen LogP contribution in [0.1, 0.15) is 11.1 Å². The molecular formula is C42H36N2O6S2. The monoisotopic (exact) mass is 728 g/mol. The maximum absolute atomic E-state index is 12.9. The minimum Gasteiger partial charge on any atom is -0.338 e. The zero-order valence-corrected chi connectivity index (χ0v) is 29.9. The Labute approximate surface area is 302 Å². The van der Waals surface area contributed by atoms with Gasteiger partial charge in [0.1, 0.15) is 11.5 Å². The molecule has 0 amide bonds. The average molecular weight is 729 g/mol. The standard InChI is InChI=1S/C42H36N2O6S2/c45-51(46,29-31-12-3-1-4-13-31)49-26-24-43-39-20-9-8-17-36(39)38-28-33(22-23-41(38)43)34-18-11-19-37-35-16-7-10-21-40(35)44(42(34)37)25-27-50-52(47,48)30-32-14-5-2-6-15-32/h1-23,28H,24-27,29-30H2. The molecule has 0 saturated carbocycles. The first-order chi connectivity index (χ1) is 25.3. The van der Waals surface area contributed by atoms with Gasteiger partial charge in [0.05, 0.1) is 18.7 Å². The maximum atomic E-state index is 12.9. The molecule has 0 aliphatic rings. The summed E-state index contributed by atoms with van der Waals surface area (Å²) in [6, 6.07) is 46.9. The molecule has 0 bridgehead atoms. The lowest BCUT2D eigenvalue weighted by Gasteiger charge is -2.13. The summed E-state index contributed by atoms with van der Waals surface area (Å²) in [4.78, 5) is 0. The van der Waals surface area contributed by atoms with Crippen molar-refractivity contribution < 1.29 is 25.2 Å². The molecule has 0 saturated heterocycles. The van der Waals surface area contributed by atoms with Crippen molar-refractivity contribution in [3.8, 4) is 11.1 Å². The average Bonchev–Trinajstić information content (AvgIpc) is 3.64. The Morgan fingerprint density at radius 3 is 1.54 bits per heavy atom. The van der Waals surface area contributed by atoms with E-state index in [0.717, 1.165) is 54.7 Å². The summed E-state index contributed by atoms with van der Waals surface area (Å²) < 4.78 is 66.6. The summed E-state index contributed by atoms with van der Waals surface area (Å²) in [5, 5.41) is 4.23. The topological polar surface area (TPSA) is 96.6 Å². The second-order valence-electron chi connectivity index (χ2n) is 12.8. The number of rotatable bonds is 13. The molecule has 0 radical (unpaired) electrons. The van der Waals surface area contributed by atoms with Crippen LogP contribution in [-0.4, -0.2) is 39.2 Å². The lowest BCUT2D eigenvalue weighted by molar-refractivity contribution is 0.303. The first-order valence-electron chi connectivity index (χ1n) is 17.1. The molecule has 8 aromatic rings. The normalized spacial score (nSPS) is 12.4. The molecule has 6 aromatic carbocycles. The van der Waals surface area contributed by atoms with E-state index in [4.69, 9.17) is 8.37 Å². The SMILES string of the molecule is O=S(=O)(Cc1ccccc1)OCCn1c2ccccc2c2cc(-c3cccc4c5ccccc5n(CCOS(=O)(=O)Cc5ccccc5)c34)ccc21. The van der Waals surface area contributed by atoms with Crippen molar-refractivity contribution in [3.05, 3.63) is 157 Å². The Morgan fingerprint density at radius 2 is 0.923 bits per heavy atom. The van der Waals surface area contributed by atoms with Gasteiger partial charge in [-0.15, -0.1) is 0 Å². The van der Waals surface area contributed by atoms with Crippen LogP contribution in [-0.2, 0) is 53.2 Å². The molecule has 0 unspecified atom stereocenters. The summed E-state index contributed by atoms with van der Waals surface area (Å²) in [5.41, 5.74) is 7.32.